The number of amides is 1. The molecule has 0 radical (unpaired) electrons. The van der Waals surface area contributed by atoms with Crippen molar-refractivity contribution < 1.29 is 4.79 Å². The molecule has 3 nitrogen and oxygen atoms in total. The Balaban J connectivity index is 1.25. The van der Waals surface area contributed by atoms with E-state index in [0.29, 0.717) is 18.4 Å². The van der Waals surface area contributed by atoms with Crippen LogP contribution in [0.15, 0.2) is 22.9 Å². The lowest BCUT2D eigenvalue weighted by atomic mass is 10.0. The molecule has 0 N–H and O–H groups in total. The third-order valence-corrected chi connectivity index (χ3v) is 7.21. The van der Waals surface area contributed by atoms with Gasteiger partial charge in [-0.1, -0.05) is 0 Å². The highest BCUT2D eigenvalue weighted by atomic mass is 32.1. The number of aryl methyl sites for hydroxylation is 2. The number of thiophene rings is 2. The molecular weight excluding hydrogens is 324 g/mol. The van der Waals surface area contributed by atoms with E-state index in [1.54, 1.807) is 16.2 Å². The van der Waals surface area contributed by atoms with Crippen LogP contribution in [0.3, 0.4) is 0 Å². The van der Waals surface area contributed by atoms with E-state index in [0.717, 1.165) is 32.6 Å². The minimum Gasteiger partial charge on any atom is -0.339 e. The minimum atomic E-state index is 0.322. The monoisotopic (exact) mass is 346 g/mol. The molecule has 2 aromatic rings. The highest BCUT2D eigenvalue weighted by molar-refractivity contribution is 7.10. The number of hydrogen-bond acceptors (Lipinski definition) is 4. The Morgan fingerprint density at radius 2 is 2.09 bits per heavy atom. The van der Waals surface area contributed by atoms with Crippen LogP contribution in [0, 0.1) is 6.92 Å². The molecule has 2 aliphatic rings. The number of rotatable bonds is 4. The van der Waals surface area contributed by atoms with Gasteiger partial charge in [-0.05, 0) is 53.8 Å². The van der Waals surface area contributed by atoms with Crippen LogP contribution in [-0.2, 0) is 24.2 Å². The van der Waals surface area contributed by atoms with Gasteiger partial charge in [-0.3, -0.25) is 9.69 Å². The smallest absolute Gasteiger partial charge is 0.223 e. The van der Waals surface area contributed by atoms with Crippen LogP contribution in [0.4, 0.5) is 0 Å². The van der Waals surface area contributed by atoms with E-state index in [4.69, 9.17) is 0 Å². The fraction of sp³-hybridized carbons (Fsp3) is 0.500. The van der Waals surface area contributed by atoms with Gasteiger partial charge in [-0.15, -0.1) is 22.7 Å². The molecule has 1 fully saturated rings. The van der Waals surface area contributed by atoms with Crippen molar-refractivity contribution in [1.82, 2.24) is 9.80 Å². The standard InChI is InChI=1S/C18H22N2OS2/c1-13-5-8-22-16(13)2-3-18(21)20-11-15(12-20)19-7-4-17-14(10-19)6-9-23-17/h5-6,8-9,15H,2-4,7,10-12H2,1H3. The Hall–Kier alpha value is -1.17. The van der Waals surface area contributed by atoms with Crippen LogP contribution in [0.1, 0.15) is 27.3 Å². The summed E-state index contributed by atoms with van der Waals surface area (Å²) in [6, 6.07) is 4.96. The molecule has 0 atom stereocenters. The molecule has 23 heavy (non-hydrogen) atoms. The first-order chi connectivity index (χ1) is 11.2. The van der Waals surface area contributed by atoms with Gasteiger partial charge >= 0.3 is 0 Å². The highest BCUT2D eigenvalue weighted by Crippen LogP contribution is 2.28. The predicted molar refractivity (Wildman–Crippen MR) is 96.2 cm³/mol. The summed E-state index contributed by atoms with van der Waals surface area (Å²) in [6.07, 6.45) is 2.73. The zero-order valence-corrected chi connectivity index (χ0v) is 15.1. The largest absolute Gasteiger partial charge is 0.339 e. The third-order valence-electron chi connectivity index (χ3n) is 5.10. The maximum absolute atomic E-state index is 12.3. The fourth-order valence-corrected chi connectivity index (χ4v) is 5.31. The normalized spacial score (nSPS) is 18.7. The van der Waals surface area contributed by atoms with Gasteiger partial charge in [0.05, 0.1) is 0 Å². The minimum absolute atomic E-state index is 0.322. The summed E-state index contributed by atoms with van der Waals surface area (Å²) in [6.45, 7) is 6.18. The van der Waals surface area contributed by atoms with Gasteiger partial charge in [0.25, 0.3) is 0 Å². The van der Waals surface area contributed by atoms with E-state index in [2.05, 4.69) is 34.7 Å². The number of carbonyl (C=O) groups is 1. The molecule has 0 bridgehead atoms. The molecule has 0 aromatic carbocycles. The van der Waals surface area contributed by atoms with Crippen molar-refractivity contribution in [2.75, 3.05) is 19.6 Å². The summed E-state index contributed by atoms with van der Waals surface area (Å²) >= 11 is 3.65. The molecule has 2 aromatic heterocycles. The molecule has 0 spiro atoms. The van der Waals surface area contributed by atoms with Crippen LogP contribution in [0.2, 0.25) is 0 Å². The van der Waals surface area contributed by atoms with Gasteiger partial charge in [0.15, 0.2) is 0 Å². The van der Waals surface area contributed by atoms with Crippen molar-refractivity contribution in [2.45, 2.75) is 38.8 Å². The van der Waals surface area contributed by atoms with Crippen molar-refractivity contribution in [1.29, 1.82) is 0 Å². The van der Waals surface area contributed by atoms with E-state index in [9.17, 15) is 4.79 Å². The summed E-state index contributed by atoms with van der Waals surface area (Å²) in [5, 5.41) is 4.32. The topological polar surface area (TPSA) is 23.6 Å². The maximum atomic E-state index is 12.3. The Kier molecular flexibility index (Phi) is 4.26. The maximum Gasteiger partial charge on any atom is 0.223 e. The SMILES string of the molecule is Cc1ccsc1CCC(=O)N1CC(N2CCc3sccc3C2)C1. The lowest BCUT2D eigenvalue weighted by Gasteiger charge is -2.46. The Morgan fingerprint density at radius 1 is 1.26 bits per heavy atom. The second kappa shape index (κ2) is 6.38. The average Bonchev–Trinajstić information content (AvgIpc) is 3.11. The van der Waals surface area contributed by atoms with Crippen LogP contribution < -0.4 is 0 Å². The zero-order chi connectivity index (χ0) is 15.8. The molecule has 5 heteroatoms. The number of hydrogen-bond donors (Lipinski definition) is 0. The molecule has 0 unspecified atom stereocenters. The van der Waals surface area contributed by atoms with E-state index in [-0.39, 0.29) is 0 Å². The quantitative estimate of drug-likeness (QED) is 0.848. The van der Waals surface area contributed by atoms with Crippen LogP contribution in [-0.4, -0.2) is 41.4 Å². The first-order valence-corrected chi connectivity index (χ1v) is 10.1. The van der Waals surface area contributed by atoms with Crippen LogP contribution in [0.5, 0.6) is 0 Å². The van der Waals surface area contributed by atoms with Crippen molar-refractivity contribution in [3.05, 3.63) is 43.8 Å². The highest BCUT2D eigenvalue weighted by Gasteiger charge is 2.35. The number of carbonyl (C=O) groups excluding carboxylic acids is 1. The van der Waals surface area contributed by atoms with E-state index >= 15 is 0 Å². The lowest BCUT2D eigenvalue weighted by molar-refractivity contribution is -0.138. The average molecular weight is 347 g/mol. The molecule has 2 aliphatic heterocycles. The van der Waals surface area contributed by atoms with Crippen molar-refractivity contribution in [3.8, 4) is 0 Å². The Bertz CT molecular complexity index is 699. The second-order valence-corrected chi connectivity index (χ2v) is 8.57. The van der Waals surface area contributed by atoms with E-state index < -0.39 is 0 Å². The molecule has 0 saturated carbocycles. The number of likely N-dealkylation sites (tertiary alicyclic amines) is 1. The molecule has 1 amide bonds. The number of nitrogens with zero attached hydrogens (tertiary/aromatic N) is 2. The molecule has 0 aliphatic carbocycles. The predicted octanol–water partition coefficient (Wildman–Crippen LogP) is 3.32. The summed E-state index contributed by atoms with van der Waals surface area (Å²) in [7, 11) is 0. The summed E-state index contributed by atoms with van der Waals surface area (Å²) in [4.78, 5) is 19.8. The molecule has 1 saturated heterocycles. The Labute approximate surface area is 145 Å². The lowest BCUT2D eigenvalue weighted by Crippen LogP contribution is -2.61. The first-order valence-electron chi connectivity index (χ1n) is 8.31. The third kappa shape index (κ3) is 3.10. The summed E-state index contributed by atoms with van der Waals surface area (Å²) in [5.41, 5.74) is 2.82. The van der Waals surface area contributed by atoms with Crippen molar-refractivity contribution in [3.63, 3.8) is 0 Å². The fourth-order valence-electron chi connectivity index (χ4n) is 3.51. The molecule has 4 heterocycles. The van der Waals surface area contributed by atoms with Gasteiger partial charge in [-0.2, -0.15) is 0 Å². The second-order valence-electron chi connectivity index (χ2n) is 6.57. The molecule has 4 rings (SSSR count). The van der Waals surface area contributed by atoms with E-state index in [1.165, 1.54) is 22.4 Å². The van der Waals surface area contributed by atoms with E-state index in [1.807, 2.05) is 16.2 Å². The van der Waals surface area contributed by atoms with Crippen molar-refractivity contribution >= 4 is 28.6 Å². The number of fused-ring (bicyclic) bond motifs is 1. The van der Waals surface area contributed by atoms with Crippen molar-refractivity contribution in [2.24, 2.45) is 0 Å². The van der Waals surface area contributed by atoms with Gasteiger partial charge in [-0.25, -0.2) is 0 Å². The van der Waals surface area contributed by atoms with Crippen LogP contribution in [0.25, 0.3) is 0 Å². The first kappa shape index (κ1) is 15.4. The molecule has 122 valence electrons. The molecular formula is C18H22N2OS2. The summed E-state index contributed by atoms with van der Waals surface area (Å²) in [5.74, 6) is 0.322. The zero-order valence-electron chi connectivity index (χ0n) is 13.5. The van der Waals surface area contributed by atoms with Crippen LogP contribution >= 0.6 is 22.7 Å². The van der Waals surface area contributed by atoms with Gasteiger partial charge in [0.1, 0.15) is 0 Å². The van der Waals surface area contributed by atoms with Gasteiger partial charge in [0.2, 0.25) is 5.91 Å². The van der Waals surface area contributed by atoms with Gasteiger partial charge in [0, 0.05) is 48.4 Å². The van der Waals surface area contributed by atoms with Gasteiger partial charge < -0.3 is 4.90 Å². The Morgan fingerprint density at radius 3 is 2.87 bits per heavy atom. The summed E-state index contributed by atoms with van der Waals surface area (Å²) < 4.78 is 0.